The number of halogens is 1. The number of unbranched alkanes of at least 4 members (excludes halogenated alkanes) is 1. The molecule has 0 aliphatic carbocycles. The van der Waals surface area contributed by atoms with E-state index in [2.05, 4.69) is 10.1 Å². The van der Waals surface area contributed by atoms with Gasteiger partial charge in [-0.15, -0.1) is 0 Å². The first-order chi connectivity index (χ1) is 20.8. The molecule has 220 valence electrons. The highest BCUT2D eigenvalue weighted by Crippen LogP contribution is 2.34. The average molecular weight is 601 g/mol. The van der Waals surface area contributed by atoms with Gasteiger partial charge in [0.15, 0.2) is 5.65 Å². The lowest BCUT2D eigenvalue weighted by Gasteiger charge is -2.14. The van der Waals surface area contributed by atoms with Crippen LogP contribution in [0.3, 0.4) is 0 Å². The van der Waals surface area contributed by atoms with Crippen LogP contribution in [0.15, 0.2) is 83.8 Å². The maximum Gasteiger partial charge on any atom is 0.328 e. The molecule has 0 bridgehead atoms. The Morgan fingerprint density at radius 2 is 1.81 bits per heavy atom. The van der Waals surface area contributed by atoms with E-state index in [1.54, 1.807) is 12.1 Å². The van der Waals surface area contributed by atoms with Gasteiger partial charge in [0.25, 0.3) is 11.2 Å². The minimum absolute atomic E-state index is 0.0714. The molecule has 0 aliphatic heterocycles. The van der Waals surface area contributed by atoms with E-state index in [0.717, 1.165) is 28.5 Å². The molecule has 43 heavy (non-hydrogen) atoms. The van der Waals surface area contributed by atoms with Crippen molar-refractivity contribution in [2.45, 2.75) is 31.7 Å². The summed E-state index contributed by atoms with van der Waals surface area (Å²) in [5.74, 6) is -0.940. The Hall–Kier alpha value is -4.84. The van der Waals surface area contributed by atoms with Crippen molar-refractivity contribution in [3.63, 3.8) is 0 Å². The van der Waals surface area contributed by atoms with Crippen LogP contribution < -0.4 is 21.8 Å². The number of H-pyrrole nitrogens is 1. The Kier molecular flexibility index (Phi) is 8.96. The van der Waals surface area contributed by atoms with Gasteiger partial charge in [0.2, 0.25) is 0 Å². The lowest BCUT2D eigenvalue weighted by atomic mass is 10.0. The number of non-ortho nitro benzene ring substituents is 1. The van der Waals surface area contributed by atoms with Gasteiger partial charge >= 0.3 is 5.97 Å². The van der Waals surface area contributed by atoms with E-state index < -0.39 is 22.5 Å². The number of carbonyl (C=O) groups excluding carboxylic acids is 1. The molecule has 3 aromatic carbocycles. The lowest BCUT2D eigenvalue weighted by Crippen LogP contribution is -2.34. The summed E-state index contributed by atoms with van der Waals surface area (Å²) < 4.78 is 6.86. The molecule has 5 N–H and O–H groups in total. The monoisotopic (exact) mass is 600 g/mol. The molecular weight excluding hydrogens is 572 g/mol. The van der Waals surface area contributed by atoms with Crippen LogP contribution in [-0.2, 0) is 11.2 Å². The number of nitro benzene ring substituents is 1. The van der Waals surface area contributed by atoms with Gasteiger partial charge in [-0.25, -0.2) is 14.3 Å². The molecule has 0 aliphatic rings. The quantitative estimate of drug-likeness (QED) is 0.0633. The number of esters is 1. The first-order valence-corrected chi connectivity index (χ1v) is 14.0. The van der Waals surface area contributed by atoms with Gasteiger partial charge in [0.1, 0.15) is 11.8 Å². The van der Waals surface area contributed by atoms with E-state index in [1.165, 1.54) is 22.8 Å². The van der Waals surface area contributed by atoms with E-state index in [4.69, 9.17) is 27.8 Å². The number of rotatable bonds is 11. The minimum Gasteiger partial charge on any atom is -0.424 e. The maximum atomic E-state index is 14.0. The zero-order chi connectivity index (χ0) is 30.5. The first-order valence-electron chi connectivity index (χ1n) is 13.7. The summed E-state index contributed by atoms with van der Waals surface area (Å²) in [5.41, 5.74) is 14.6. The third-order valence-corrected chi connectivity index (χ3v) is 7.29. The molecule has 5 rings (SSSR count). The molecule has 0 radical (unpaired) electrons. The number of carbonyl (C=O) groups is 1. The maximum absolute atomic E-state index is 14.0. The van der Waals surface area contributed by atoms with E-state index in [1.807, 2.05) is 42.5 Å². The zero-order valence-electron chi connectivity index (χ0n) is 23.0. The average Bonchev–Trinajstić information content (AvgIpc) is 3.37. The summed E-state index contributed by atoms with van der Waals surface area (Å²) in [6.45, 7) is 0.460. The van der Waals surface area contributed by atoms with Crippen molar-refractivity contribution in [1.29, 1.82) is 0 Å². The van der Waals surface area contributed by atoms with Crippen molar-refractivity contribution in [2.24, 2.45) is 11.5 Å². The Morgan fingerprint density at radius 1 is 1.07 bits per heavy atom. The van der Waals surface area contributed by atoms with Crippen molar-refractivity contribution in [3.8, 4) is 28.0 Å². The number of aromatic amines is 1. The number of nitrogens with two attached hydrogens (primary N) is 2. The number of ether oxygens (including phenoxy) is 1. The molecule has 12 heteroatoms. The Labute approximate surface area is 251 Å². The second-order valence-corrected chi connectivity index (χ2v) is 10.5. The van der Waals surface area contributed by atoms with Gasteiger partial charge in [-0.05, 0) is 48.7 Å². The summed E-state index contributed by atoms with van der Waals surface area (Å²) in [7, 11) is 0. The van der Waals surface area contributed by atoms with E-state index in [9.17, 15) is 19.7 Å². The van der Waals surface area contributed by atoms with Gasteiger partial charge in [0.05, 0.1) is 16.6 Å². The predicted octanol–water partition coefficient (Wildman–Crippen LogP) is 4.87. The third-order valence-electron chi connectivity index (χ3n) is 7.04. The molecule has 0 unspecified atom stereocenters. The standard InChI is InChI=1S/C31H29ClN6O5/c32-21-11-9-20(10-12-21)28-26(16-19-6-2-1-3-7-19)36-37-29(28)35-18-24(30(37)39)23-14-13-22(38(41)42)17-27(23)43-31(40)25(34)8-4-5-15-33/h1-3,6-7,9-14,17-18,25,36H,4-5,8,15-16,33-34H2/t25-/m1/s1. The second-order valence-electron chi connectivity index (χ2n) is 10.0. The van der Waals surface area contributed by atoms with Gasteiger partial charge in [-0.3, -0.25) is 20.0 Å². The number of nitrogens with zero attached hydrogens (tertiary/aromatic N) is 3. The molecule has 0 saturated heterocycles. The Morgan fingerprint density at radius 3 is 2.51 bits per heavy atom. The normalized spacial score (nSPS) is 11.9. The van der Waals surface area contributed by atoms with Crippen LogP contribution in [0.25, 0.3) is 27.9 Å². The van der Waals surface area contributed by atoms with Crippen molar-refractivity contribution in [1.82, 2.24) is 14.6 Å². The number of fused-ring (bicyclic) bond motifs is 1. The van der Waals surface area contributed by atoms with Crippen molar-refractivity contribution < 1.29 is 14.5 Å². The predicted molar refractivity (Wildman–Crippen MR) is 164 cm³/mol. The summed E-state index contributed by atoms with van der Waals surface area (Å²) in [5, 5.41) is 15.3. The van der Waals surface area contributed by atoms with Crippen LogP contribution >= 0.6 is 11.6 Å². The molecule has 2 heterocycles. The van der Waals surface area contributed by atoms with E-state index in [0.29, 0.717) is 42.9 Å². The van der Waals surface area contributed by atoms with Crippen LogP contribution in [0.2, 0.25) is 5.02 Å². The van der Waals surface area contributed by atoms with Crippen LogP contribution in [0.5, 0.6) is 5.75 Å². The number of benzene rings is 3. The smallest absolute Gasteiger partial charge is 0.328 e. The largest absolute Gasteiger partial charge is 0.424 e. The summed E-state index contributed by atoms with van der Waals surface area (Å²) >= 11 is 6.14. The van der Waals surface area contributed by atoms with Crippen molar-refractivity contribution >= 4 is 28.9 Å². The highest BCUT2D eigenvalue weighted by atomic mass is 35.5. The number of aromatic nitrogens is 3. The number of hydrogen-bond acceptors (Lipinski definition) is 8. The Bertz CT molecular complexity index is 1840. The fourth-order valence-corrected chi connectivity index (χ4v) is 4.96. The summed E-state index contributed by atoms with van der Waals surface area (Å²) in [6.07, 6.45) is 3.49. The van der Waals surface area contributed by atoms with E-state index >= 15 is 0 Å². The SMILES string of the molecule is NCCCC[C@@H](N)C(=O)Oc1cc([N+](=O)[O-])ccc1-c1cnc2c(-c3ccc(Cl)cc3)c(Cc3ccccc3)[nH]n2c1=O. The fourth-order valence-electron chi connectivity index (χ4n) is 4.84. The zero-order valence-corrected chi connectivity index (χ0v) is 23.8. The van der Waals surface area contributed by atoms with Gasteiger partial charge in [-0.1, -0.05) is 60.5 Å². The van der Waals surface area contributed by atoms with Gasteiger partial charge < -0.3 is 16.2 Å². The second kappa shape index (κ2) is 13.0. The fraction of sp³-hybridized carbons (Fsp3) is 0.194. The lowest BCUT2D eigenvalue weighted by molar-refractivity contribution is -0.384. The topological polar surface area (TPSA) is 172 Å². The third kappa shape index (κ3) is 6.49. The van der Waals surface area contributed by atoms with Gasteiger partial charge in [0, 0.05) is 40.5 Å². The van der Waals surface area contributed by atoms with Crippen molar-refractivity contribution in [2.75, 3.05) is 6.54 Å². The summed E-state index contributed by atoms with van der Waals surface area (Å²) in [6, 6.07) is 19.7. The van der Waals surface area contributed by atoms with Gasteiger partial charge in [-0.2, -0.15) is 0 Å². The molecule has 5 aromatic rings. The minimum atomic E-state index is -0.966. The highest BCUT2D eigenvalue weighted by molar-refractivity contribution is 6.30. The van der Waals surface area contributed by atoms with Crippen LogP contribution in [0.4, 0.5) is 5.69 Å². The molecule has 0 amide bonds. The molecule has 0 saturated carbocycles. The van der Waals surface area contributed by atoms with Crippen LogP contribution in [0.1, 0.15) is 30.5 Å². The number of hydrogen-bond donors (Lipinski definition) is 3. The highest BCUT2D eigenvalue weighted by Gasteiger charge is 2.24. The molecule has 2 aromatic heterocycles. The molecule has 1 atom stereocenters. The molecule has 0 fully saturated rings. The number of nitro groups is 1. The Balaban J connectivity index is 1.62. The van der Waals surface area contributed by atoms with Crippen molar-refractivity contribution in [3.05, 3.63) is 116 Å². The number of nitrogens with one attached hydrogen (secondary N) is 1. The molecular formula is C31H29ClN6O5. The van der Waals surface area contributed by atoms with Crippen LogP contribution in [0, 0.1) is 10.1 Å². The van der Waals surface area contributed by atoms with Crippen LogP contribution in [-0.4, -0.2) is 38.1 Å². The first kappa shape index (κ1) is 29.6. The molecule has 0 spiro atoms. The molecule has 11 nitrogen and oxygen atoms in total. The van der Waals surface area contributed by atoms with E-state index in [-0.39, 0.29) is 22.6 Å². The summed E-state index contributed by atoms with van der Waals surface area (Å²) in [4.78, 5) is 42.3.